The Morgan fingerprint density at radius 1 is 1.27 bits per heavy atom. The predicted molar refractivity (Wildman–Crippen MR) is 85.3 cm³/mol. The second kappa shape index (κ2) is 8.02. The van der Waals surface area contributed by atoms with Gasteiger partial charge in [0.25, 0.3) is 5.69 Å². The molecular weight excluding hydrogens is 357 g/mol. The Morgan fingerprint density at radius 2 is 1.92 bits per heavy atom. The number of halogens is 3. The number of benzene rings is 1. The third kappa shape index (κ3) is 5.60. The molecule has 1 heterocycles. The molecule has 11 heteroatoms. The van der Waals surface area contributed by atoms with Crippen molar-refractivity contribution < 1.29 is 27.7 Å². The zero-order chi connectivity index (χ0) is 19.3. The van der Waals surface area contributed by atoms with E-state index < -0.39 is 35.4 Å². The minimum atomic E-state index is -4.49. The number of amides is 2. The average Bonchev–Trinajstić information content (AvgIpc) is 2.91. The van der Waals surface area contributed by atoms with Gasteiger partial charge in [-0.15, -0.1) is 0 Å². The van der Waals surface area contributed by atoms with Gasteiger partial charge in [0.1, 0.15) is 6.54 Å². The van der Waals surface area contributed by atoms with Crippen LogP contribution in [0.15, 0.2) is 24.3 Å². The summed E-state index contributed by atoms with van der Waals surface area (Å²) in [7, 11) is 0. The van der Waals surface area contributed by atoms with Gasteiger partial charge in [-0.05, 0) is 12.1 Å². The molecule has 1 aliphatic rings. The van der Waals surface area contributed by atoms with Crippen molar-refractivity contribution in [2.75, 3.05) is 31.5 Å². The molecule has 0 aromatic heterocycles. The minimum absolute atomic E-state index is 0.0434. The Labute approximate surface area is 146 Å². The van der Waals surface area contributed by atoms with Crippen LogP contribution < -0.4 is 10.6 Å². The van der Waals surface area contributed by atoms with Crippen molar-refractivity contribution in [1.29, 1.82) is 0 Å². The molecule has 1 aliphatic heterocycles. The summed E-state index contributed by atoms with van der Waals surface area (Å²) in [4.78, 5) is 34.2. The fourth-order valence-corrected chi connectivity index (χ4v) is 2.55. The molecule has 2 N–H and O–H groups in total. The molecule has 1 saturated heterocycles. The van der Waals surface area contributed by atoms with Crippen LogP contribution in [0.3, 0.4) is 0 Å². The number of rotatable bonds is 7. The molecule has 2 rings (SSSR count). The highest BCUT2D eigenvalue weighted by Gasteiger charge is 2.40. The molecule has 1 atom stereocenters. The fourth-order valence-electron chi connectivity index (χ4n) is 2.55. The molecular formula is C15H17F3N4O4. The van der Waals surface area contributed by atoms with E-state index in [9.17, 15) is 32.9 Å². The fraction of sp³-hybridized carbons (Fsp3) is 0.467. The maximum Gasteiger partial charge on any atom is 0.406 e. The Bertz CT molecular complexity index is 678. The van der Waals surface area contributed by atoms with Crippen molar-refractivity contribution in [2.45, 2.75) is 12.6 Å². The van der Waals surface area contributed by atoms with E-state index >= 15 is 0 Å². The number of nitrogens with one attached hydrogen (secondary N) is 2. The summed E-state index contributed by atoms with van der Waals surface area (Å²) in [5, 5.41) is 16.0. The lowest BCUT2D eigenvalue weighted by Crippen LogP contribution is -2.38. The average molecular weight is 374 g/mol. The summed E-state index contributed by atoms with van der Waals surface area (Å²) >= 11 is 0. The Hall–Kier alpha value is -2.85. The van der Waals surface area contributed by atoms with E-state index in [-0.39, 0.29) is 25.2 Å². The van der Waals surface area contributed by atoms with E-state index in [0.717, 1.165) is 0 Å². The van der Waals surface area contributed by atoms with Crippen molar-refractivity contribution in [3.8, 4) is 0 Å². The van der Waals surface area contributed by atoms with E-state index in [2.05, 4.69) is 10.6 Å². The van der Waals surface area contributed by atoms with Gasteiger partial charge in [0.05, 0.1) is 10.8 Å². The van der Waals surface area contributed by atoms with Crippen molar-refractivity contribution >= 4 is 23.2 Å². The number of nitro benzene ring substituents is 1. The highest BCUT2D eigenvalue weighted by molar-refractivity contribution is 5.89. The number of hydrogen-bond donors (Lipinski definition) is 2. The van der Waals surface area contributed by atoms with Crippen LogP contribution in [0.4, 0.5) is 24.5 Å². The summed E-state index contributed by atoms with van der Waals surface area (Å²) in [5.41, 5.74) is 0.579. The highest BCUT2D eigenvalue weighted by Crippen LogP contribution is 2.23. The molecule has 0 saturated carbocycles. The van der Waals surface area contributed by atoms with Crippen molar-refractivity contribution in [1.82, 2.24) is 10.2 Å². The van der Waals surface area contributed by atoms with Gasteiger partial charge >= 0.3 is 6.18 Å². The van der Waals surface area contributed by atoms with E-state index in [0.29, 0.717) is 17.1 Å². The van der Waals surface area contributed by atoms with E-state index in [1.54, 1.807) is 0 Å². The third-order valence-corrected chi connectivity index (χ3v) is 3.79. The van der Waals surface area contributed by atoms with Crippen molar-refractivity contribution in [3.05, 3.63) is 34.4 Å². The maximum atomic E-state index is 12.3. The highest BCUT2D eigenvalue weighted by atomic mass is 19.4. The maximum absolute atomic E-state index is 12.3. The molecule has 0 aliphatic carbocycles. The smallest absolute Gasteiger partial charge is 0.383 e. The van der Waals surface area contributed by atoms with Crippen LogP contribution in [-0.2, 0) is 9.59 Å². The summed E-state index contributed by atoms with van der Waals surface area (Å²) in [5.74, 6) is -1.97. The SMILES string of the molecule is O=C(NCCNc1ccc([N+](=O)[O-])cc1)C1CC(=O)N(CC(F)(F)F)C1. The number of hydrogen-bond acceptors (Lipinski definition) is 5. The number of nitro groups is 1. The van der Waals surface area contributed by atoms with Crippen LogP contribution in [0, 0.1) is 16.0 Å². The van der Waals surface area contributed by atoms with Gasteiger partial charge in [0.15, 0.2) is 0 Å². The molecule has 1 aromatic rings. The van der Waals surface area contributed by atoms with E-state index in [4.69, 9.17) is 0 Å². The van der Waals surface area contributed by atoms with Gasteiger partial charge in [-0.2, -0.15) is 13.2 Å². The van der Waals surface area contributed by atoms with Gasteiger partial charge in [0, 0.05) is 43.9 Å². The molecule has 1 fully saturated rings. The number of likely N-dealkylation sites (tertiary alicyclic amines) is 1. The Kier molecular flexibility index (Phi) is 6.01. The van der Waals surface area contributed by atoms with Gasteiger partial charge in [0.2, 0.25) is 11.8 Å². The molecule has 0 radical (unpaired) electrons. The molecule has 142 valence electrons. The van der Waals surface area contributed by atoms with Gasteiger partial charge in [-0.3, -0.25) is 19.7 Å². The van der Waals surface area contributed by atoms with Crippen LogP contribution >= 0.6 is 0 Å². The number of carbonyl (C=O) groups excluding carboxylic acids is 2. The summed E-state index contributed by atoms with van der Waals surface area (Å²) < 4.78 is 37.0. The lowest BCUT2D eigenvalue weighted by atomic mass is 10.1. The van der Waals surface area contributed by atoms with Crippen LogP contribution in [0.25, 0.3) is 0 Å². The van der Waals surface area contributed by atoms with Crippen molar-refractivity contribution in [3.63, 3.8) is 0 Å². The first-order valence-corrected chi connectivity index (χ1v) is 7.76. The van der Waals surface area contributed by atoms with Gasteiger partial charge in [-0.25, -0.2) is 0 Å². The minimum Gasteiger partial charge on any atom is -0.383 e. The number of nitrogens with zero attached hydrogens (tertiary/aromatic N) is 2. The topological polar surface area (TPSA) is 105 Å². The van der Waals surface area contributed by atoms with E-state index in [1.807, 2.05) is 0 Å². The zero-order valence-corrected chi connectivity index (χ0v) is 13.6. The summed E-state index contributed by atoms with van der Waals surface area (Å²) in [6.07, 6.45) is -4.73. The predicted octanol–water partition coefficient (Wildman–Crippen LogP) is 1.53. The largest absolute Gasteiger partial charge is 0.406 e. The second-order valence-electron chi connectivity index (χ2n) is 5.81. The van der Waals surface area contributed by atoms with E-state index in [1.165, 1.54) is 24.3 Å². The molecule has 2 amide bonds. The zero-order valence-electron chi connectivity index (χ0n) is 13.6. The van der Waals surface area contributed by atoms with Crippen LogP contribution in [0.1, 0.15) is 6.42 Å². The standard InChI is InChI=1S/C15H17F3N4O4/c16-15(17,18)9-21-8-10(7-13(21)23)14(24)20-6-5-19-11-1-3-12(4-2-11)22(25)26/h1-4,10,19H,5-9H2,(H,20,24). The van der Waals surface area contributed by atoms with Gasteiger partial charge in [-0.1, -0.05) is 0 Å². The number of non-ortho nitro benzene ring substituents is 1. The second-order valence-corrected chi connectivity index (χ2v) is 5.81. The summed E-state index contributed by atoms with van der Waals surface area (Å²) in [6.45, 7) is -1.09. The quantitative estimate of drug-likeness (QED) is 0.428. The molecule has 8 nitrogen and oxygen atoms in total. The van der Waals surface area contributed by atoms with Crippen molar-refractivity contribution in [2.24, 2.45) is 5.92 Å². The lowest BCUT2D eigenvalue weighted by Gasteiger charge is -2.18. The number of carbonyl (C=O) groups is 2. The monoisotopic (exact) mass is 374 g/mol. The molecule has 0 spiro atoms. The molecule has 0 bridgehead atoms. The molecule has 26 heavy (non-hydrogen) atoms. The van der Waals surface area contributed by atoms with Gasteiger partial charge < -0.3 is 15.5 Å². The first-order valence-electron chi connectivity index (χ1n) is 7.76. The first kappa shape index (κ1) is 19.5. The Balaban J connectivity index is 1.72. The normalized spacial score (nSPS) is 17.3. The number of anilines is 1. The number of alkyl halides is 3. The third-order valence-electron chi connectivity index (χ3n) is 3.79. The molecule has 1 aromatic carbocycles. The lowest BCUT2D eigenvalue weighted by molar-refractivity contribution is -0.384. The Morgan fingerprint density at radius 3 is 2.50 bits per heavy atom. The van der Waals surface area contributed by atoms with Crippen LogP contribution in [-0.4, -0.2) is 54.0 Å². The first-order chi connectivity index (χ1) is 12.2. The summed E-state index contributed by atoms with van der Waals surface area (Å²) in [6, 6.07) is 5.70. The van der Waals surface area contributed by atoms with Crippen LogP contribution in [0.5, 0.6) is 0 Å². The molecule has 1 unspecified atom stereocenters. The van der Waals surface area contributed by atoms with Crippen LogP contribution in [0.2, 0.25) is 0 Å².